The van der Waals surface area contributed by atoms with E-state index in [0.717, 1.165) is 5.56 Å². The van der Waals surface area contributed by atoms with E-state index in [2.05, 4.69) is 29.4 Å². The minimum absolute atomic E-state index is 0.0450. The van der Waals surface area contributed by atoms with E-state index in [1.807, 2.05) is 39.1 Å². The van der Waals surface area contributed by atoms with Gasteiger partial charge in [0, 0.05) is 29.4 Å². The molecule has 0 aromatic carbocycles. The van der Waals surface area contributed by atoms with Gasteiger partial charge in [0.2, 0.25) is 0 Å². The maximum atomic E-state index is 12.2. The molecule has 2 aliphatic heterocycles. The average molecular weight is 288 g/mol. The van der Waals surface area contributed by atoms with Gasteiger partial charge in [-0.15, -0.1) is 0 Å². The molecular formula is C17H24N2O2. The number of hydrogen-bond donors (Lipinski definition) is 1. The number of aromatic nitrogens is 1. The Labute approximate surface area is 126 Å². The molecule has 2 unspecified atom stereocenters. The zero-order chi connectivity index (χ0) is 15.7. The van der Waals surface area contributed by atoms with Crippen LogP contribution in [0.3, 0.4) is 0 Å². The summed E-state index contributed by atoms with van der Waals surface area (Å²) in [5.74, 6) is -0.350. The van der Waals surface area contributed by atoms with Crippen LogP contribution in [-0.2, 0) is 9.53 Å². The van der Waals surface area contributed by atoms with Crippen molar-refractivity contribution >= 4 is 5.97 Å². The van der Waals surface area contributed by atoms with Gasteiger partial charge in [0.15, 0.2) is 0 Å². The fourth-order valence-corrected chi connectivity index (χ4v) is 3.67. The Hall–Kier alpha value is -1.68. The Morgan fingerprint density at radius 1 is 1.29 bits per heavy atom. The first-order valence-electron chi connectivity index (χ1n) is 7.48. The largest absolute Gasteiger partial charge is 0.469 e. The number of fused-ring (bicyclic) bond motifs is 2. The van der Waals surface area contributed by atoms with Crippen LogP contribution < -0.4 is 5.32 Å². The van der Waals surface area contributed by atoms with Crippen molar-refractivity contribution in [2.75, 3.05) is 7.11 Å². The van der Waals surface area contributed by atoms with Gasteiger partial charge in [0.25, 0.3) is 0 Å². The van der Waals surface area contributed by atoms with Gasteiger partial charge >= 0.3 is 5.97 Å². The molecular weight excluding hydrogens is 264 g/mol. The highest BCUT2D eigenvalue weighted by Crippen LogP contribution is 2.53. The molecule has 4 atom stereocenters. The van der Waals surface area contributed by atoms with Crippen molar-refractivity contribution in [2.45, 2.75) is 44.7 Å². The van der Waals surface area contributed by atoms with E-state index >= 15 is 0 Å². The fourth-order valence-electron chi connectivity index (χ4n) is 3.67. The van der Waals surface area contributed by atoms with Gasteiger partial charge in [-0.2, -0.15) is 0 Å². The number of esters is 1. The van der Waals surface area contributed by atoms with Crippen molar-refractivity contribution in [1.29, 1.82) is 0 Å². The minimum Gasteiger partial charge on any atom is -0.469 e. The summed E-state index contributed by atoms with van der Waals surface area (Å²) in [4.78, 5) is 16.4. The summed E-state index contributed by atoms with van der Waals surface area (Å²) < 4.78 is 5.02. The summed E-state index contributed by atoms with van der Waals surface area (Å²) in [6.45, 7) is 8.17. The van der Waals surface area contributed by atoms with Crippen LogP contribution in [0, 0.1) is 5.92 Å². The zero-order valence-corrected chi connectivity index (χ0v) is 13.4. The second kappa shape index (κ2) is 5.60. The highest BCUT2D eigenvalue weighted by atomic mass is 16.5. The van der Waals surface area contributed by atoms with Crippen molar-refractivity contribution in [3.8, 4) is 0 Å². The molecule has 1 N–H and O–H groups in total. The van der Waals surface area contributed by atoms with E-state index in [9.17, 15) is 4.79 Å². The topological polar surface area (TPSA) is 51.2 Å². The molecule has 2 aliphatic rings. The Bertz CT molecular complexity index is 543. The number of nitrogens with zero attached hydrogens (tertiary/aromatic N) is 1. The minimum atomic E-state index is -0.345. The molecule has 3 rings (SSSR count). The Morgan fingerprint density at radius 3 is 2.52 bits per heavy atom. The van der Waals surface area contributed by atoms with Gasteiger partial charge in [-0.3, -0.25) is 15.1 Å². The molecule has 1 aromatic heterocycles. The summed E-state index contributed by atoms with van der Waals surface area (Å²) >= 11 is 0. The Kier molecular flexibility index (Phi) is 4.19. The second-order valence-corrected chi connectivity index (χ2v) is 5.79. The fraction of sp³-hybridized carbons (Fsp3) is 0.529. The number of hydrogen-bond acceptors (Lipinski definition) is 4. The quantitative estimate of drug-likeness (QED) is 0.671. The summed E-state index contributed by atoms with van der Waals surface area (Å²) in [7, 11) is 1.45. The first-order valence-corrected chi connectivity index (χ1v) is 7.48. The van der Waals surface area contributed by atoms with Crippen molar-refractivity contribution in [3.63, 3.8) is 0 Å². The first kappa shape index (κ1) is 15.7. The lowest BCUT2D eigenvalue weighted by Crippen LogP contribution is -2.43. The molecule has 0 amide bonds. The number of pyridine rings is 1. The zero-order valence-electron chi connectivity index (χ0n) is 13.4. The molecule has 0 saturated carbocycles. The number of methoxy groups -OCH3 is 1. The molecule has 0 aliphatic carbocycles. The third-order valence-electron chi connectivity index (χ3n) is 4.44. The molecule has 1 aromatic rings. The van der Waals surface area contributed by atoms with E-state index in [-0.39, 0.29) is 28.9 Å². The second-order valence-electron chi connectivity index (χ2n) is 5.79. The summed E-state index contributed by atoms with van der Waals surface area (Å²) in [6.07, 6.45) is 7.83. The predicted octanol–water partition coefficient (Wildman–Crippen LogP) is 2.67. The number of ether oxygens (including phenoxy) is 1. The molecule has 1 fully saturated rings. The van der Waals surface area contributed by atoms with E-state index < -0.39 is 0 Å². The van der Waals surface area contributed by atoms with Crippen molar-refractivity contribution < 1.29 is 9.53 Å². The van der Waals surface area contributed by atoms with Crippen molar-refractivity contribution in [3.05, 3.63) is 42.2 Å². The van der Waals surface area contributed by atoms with Gasteiger partial charge in [0.05, 0.1) is 13.0 Å². The average Bonchev–Trinajstić information content (AvgIpc) is 2.95. The molecule has 4 heteroatoms. The number of carbonyl (C=O) groups is 1. The molecule has 0 spiro atoms. The normalized spacial score (nSPS) is 36.0. The molecule has 21 heavy (non-hydrogen) atoms. The van der Waals surface area contributed by atoms with Crippen LogP contribution >= 0.6 is 0 Å². The predicted molar refractivity (Wildman–Crippen MR) is 82.9 cm³/mol. The Morgan fingerprint density at radius 2 is 1.95 bits per heavy atom. The third kappa shape index (κ3) is 2.38. The number of rotatable bonds is 2. The van der Waals surface area contributed by atoms with Crippen LogP contribution in [0.25, 0.3) is 0 Å². The van der Waals surface area contributed by atoms with E-state index in [1.54, 1.807) is 6.20 Å². The van der Waals surface area contributed by atoms with E-state index in [4.69, 9.17) is 4.74 Å². The van der Waals surface area contributed by atoms with Crippen LogP contribution in [0.1, 0.15) is 39.2 Å². The van der Waals surface area contributed by atoms with Gasteiger partial charge < -0.3 is 4.74 Å². The van der Waals surface area contributed by atoms with E-state index in [1.165, 1.54) is 7.11 Å². The number of nitrogens with one attached hydrogen (secondary N) is 1. The lowest BCUT2D eigenvalue weighted by atomic mass is 9.69. The first-order chi connectivity index (χ1) is 10.0. The van der Waals surface area contributed by atoms with Gasteiger partial charge in [-0.25, -0.2) is 0 Å². The van der Waals surface area contributed by atoms with Crippen molar-refractivity contribution in [1.82, 2.24) is 10.3 Å². The molecule has 3 heterocycles. The molecule has 114 valence electrons. The van der Waals surface area contributed by atoms with Crippen LogP contribution in [0.4, 0.5) is 0 Å². The van der Waals surface area contributed by atoms with Crippen LogP contribution in [0.2, 0.25) is 0 Å². The maximum Gasteiger partial charge on any atom is 0.311 e. The highest BCUT2D eigenvalue weighted by Gasteiger charge is 2.61. The van der Waals surface area contributed by atoms with Gasteiger partial charge in [-0.1, -0.05) is 32.1 Å². The summed E-state index contributed by atoms with van der Waals surface area (Å²) in [6, 6.07) is 3.93. The third-order valence-corrected chi connectivity index (χ3v) is 4.44. The van der Waals surface area contributed by atoms with Gasteiger partial charge in [0.1, 0.15) is 0 Å². The van der Waals surface area contributed by atoms with Crippen LogP contribution in [0.15, 0.2) is 36.7 Å². The van der Waals surface area contributed by atoms with E-state index in [0.29, 0.717) is 0 Å². The lowest BCUT2D eigenvalue weighted by Gasteiger charge is -2.33. The van der Waals surface area contributed by atoms with Crippen LogP contribution in [0.5, 0.6) is 0 Å². The smallest absolute Gasteiger partial charge is 0.311 e. The van der Waals surface area contributed by atoms with Crippen LogP contribution in [-0.4, -0.2) is 29.1 Å². The number of carbonyl (C=O) groups excluding carboxylic acids is 1. The molecule has 0 radical (unpaired) electrons. The molecule has 1 saturated heterocycles. The monoisotopic (exact) mass is 288 g/mol. The SMILES string of the molecule is CC.COC(=O)C1C(c2cccnc2)[C@@]2(C)C=C[C@]1(C)N2. The molecule has 2 bridgehead atoms. The Balaban J connectivity index is 0.000000774. The maximum absolute atomic E-state index is 12.2. The lowest BCUT2D eigenvalue weighted by molar-refractivity contribution is -0.147. The summed E-state index contributed by atoms with van der Waals surface area (Å²) in [5.41, 5.74) is 0.500. The van der Waals surface area contributed by atoms with Crippen molar-refractivity contribution in [2.24, 2.45) is 5.92 Å². The summed E-state index contributed by atoms with van der Waals surface area (Å²) in [5, 5.41) is 3.55. The standard InChI is InChI=1S/C15H18N2O2.C2H6/c1-14-6-7-15(2,17-14)12(13(18)19-3)11(14)10-5-4-8-16-9-10;1-2/h4-9,11-12,17H,1-3H3;1-2H3/t11?,12?,14-,15+;/m1./s1. The molecule has 4 nitrogen and oxygen atoms in total. The highest BCUT2D eigenvalue weighted by molar-refractivity contribution is 5.78. The van der Waals surface area contributed by atoms with Gasteiger partial charge in [-0.05, 0) is 25.5 Å².